The zero-order valence-corrected chi connectivity index (χ0v) is 15.3. The molecule has 0 fully saturated rings. The maximum Gasteiger partial charge on any atom is 0.236 e. The lowest BCUT2D eigenvalue weighted by Gasteiger charge is -2.12. The molecule has 0 amide bonds. The van der Waals surface area contributed by atoms with E-state index in [4.69, 9.17) is 9.47 Å². The van der Waals surface area contributed by atoms with Crippen LogP contribution in [0.1, 0.15) is 12.5 Å². The number of fused-ring (bicyclic) bond motifs is 1. The van der Waals surface area contributed by atoms with Crippen molar-refractivity contribution in [3.05, 3.63) is 60.2 Å². The minimum atomic E-state index is -3.42. The molecule has 1 aromatic heterocycles. The number of rotatable bonds is 6. The van der Waals surface area contributed by atoms with Crippen molar-refractivity contribution in [1.82, 2.24) is 3.97 Å². The van der Waals surface area contributed by atoms with Gasteiger partial charge in [0.25, 0.3) is 0 Å². The normalized spacial score (nSPS) is 13.2. The fraction of sp³-hybridized carbons (Fsp3) is 0.263. The molecule has 0 N–H and O–H groups in total. The van der Waals surface area contributed by atoms with Crippen LogP contribution in [0.2, 0.25) is 0 Å². The van der Waals surface area contributed by atoms with E-state index in [-0.39, 0.29) is 6.29 Å². The third kappa shape index (κ3) is 3.76. The second kappa shape index (κ2) is 7.00. The van der Waals surface area contributed by atoms with Crippen LogP contribution in [0, 0.1) is 0 Å². The molecule has 0 aliphatic heterocycles. The molecule has 0 bridgehead atoms. The van der Waals surface area contributed by atoms with Crippen LogP contribution in [0.4, 0.5) is 0 Å². The van der Waals surface area contributed by atoms with Gasteiger partial charge in [-0.2, -0.15) is 0 Å². The molecule has 0 saturated heterocycles. The Morgan fingerprint density at radius 1 is 1.08 bits per heavy atom. The minimum Gasteiger partial charge on any atom is -0.356 e. The van der Waals surface area contributed by atoms with Crippen LogP contribution < -0.4 is 0 Å². The highest BCUT2D eigenvalue weighted by atomic mass is 32.2. The summed E-state index contributed by atoms with van der Waals surface area (Å²) in [6.45, 7) is 2.27. The smallest absolute Gasteiger partial charge is 0.236 e. The number of hydrogen-bond donors (Lipinski definition) is 0. The van der Waals surface area contributed by atoms with Crippen LogP contribution in [-0.2, 0) is 26.1 Å². The molecule has 0 spiro atoms. The zero-order chi connectivity index (χ0) is 18.0. The van der Waals surface area contributed by atoms with Crippen molar-refractivity contribution >= 4 is 20.9 Å². The number of aromatic nitrogens is 1. The standard InChI is InChI=1S/C19H21NO4S/c1-14(23-2)24-13-15-8-10-16(11-9-15)19-12-17-6-4-5-7-18(17)20(19)25(3,21)22/h4-12,14H,13H2,1-3H3. The monoisotopic (exact) mass is 359 g/mol. The SMILES string of the molecule is COC(C)OCc1ccc(-c2cc3ccccc3n2S(C)(=O)=O)cc1. The van der Waals surface area contributed by atoms with Crippen molar-refractivity contribution in [2.75, 3.05) is 13.4 Å². The van der Waals surface area contributed by atoms with Crippen molar-refractivity contribution in [1.29, 1.82) is 0 Å². The predicted octanol–water partition coefficient (Wildman–Crippen LogP) is 3.63. The molecule has 1 atom stereocenters. The molecule has 2 aromatic carbocycles. The Morgan fingerprint density at radius 2 is 1.76 bits per heavy atom. The molecule has 3 aromatic rings. The molecule has 1 heterocycles. The molecule has 0 saturated carbocycles. The Labute approximate surface area is 147 Å². The van der Waals surface area contributed by atoms with Gasteiger partial charge >= 0.3 is 0 Å². The molecule has 0 aliphatic carbocycles. The highest BCUT2D eigenvalue weighted by molar-refractivity contribution is 7.89. The first-order valence-electron chi connectivity index (χ1n) is 7.95. The maximum atomic E-state index is 12.3. The van der Waals surface area contributed by atoms with E-state index in [0.29, 0.717) is 17.8 Å². The maximum absolute atomic E-state index is 12.3. The summed E-state index contributed by atoms with van der Waals surface area (Å²) in [6.07, 6.45) is 0.949. The van der Waals surface area contributed by atoms with Gasteiger partial charge in [0.05, 0.1) is 24.1 Å². The molecule has 132 valence electrons. The van der Waals surface area contributed by atoms with Gasteiger partial charge in [-0.1, -0.05) is 42.5 Å². The minimum absolute atomic E-state index is 0.271. The van der Waals surface area contributed by atoms with Gasteiger partial charge in [-0.3, -0.25) is 0 Å². The second-order valence-corrected chi connectivity index (χ2v) is 7.76. The number of benzene rings is 2. The van der Waals surface area contributed by atoms with E-state index in [2.05, 4.69) is 0 Å². The lowest BCUT2D eigenvalue weighted by Crippen LogP contribution is -2.11. The van der Waals surface area contributed by atoms with E-state index in [0.717, 1.165) is 16.5 Å². The fourth-order valence-corrected chi connectivity index (χ4v) is 3.78. The van der Waals surface area contributed by atoms with Crippen LogP contribution in [-0.4, -0.2) is 32.0 Å². The third-order valence-corrected chi connectivity index (χ3v) is 5.12. The van der Waals surface area contributed by atoms with Crippen LogP contribution >= 0.6 is 0 Å². The topological polar surface area (TPSA) is 57.5 Å². The van der Waals surface area contributed by atoms with Crippen LogP contribution in [0.5, 0.6) is 0 Å². The van der Waals surface area contributed by atoms with Crippen LogP contribution in [0.15, 0.2) is 54.6 Å². The molecular weight excluding hydrogens is 338 g/mol. The van der Waals surface area contributed by atoms with E-state index < -0.39 is 10.0 Å². The summed E-state index contributed by atoms with van der Waals surface area (Å²) in [5, 5.41) is 0.893. The molecule has 0 aliphatic rings. The Morgan fingerprint density at radius 3 is 2.40 bits per heavy atom. The molecule has 25 heavy (non-hydrogen) atoms. The van der Waals surface area contributed by atoms with E-state index in [1.807, 2.05) is 61.5 Å². The zero-order valence-electron chi connectivity index (χ0n) is 14.5. The van der Waals surface area contributed by atoms with Gasteiger partial charge in [-0.05, 0) is 30.2 Å². The van der Waals surface area contributed by atoms with Crippen LogP contribution in [0.25, 0.3) is 22.2 Å². The molecule has 5 nitrogen and oxygen atoms in total. The Kier molecular flexibility index (Phi) is 4.94. The van der Waals surface area contributed by atoms with Gasteiger partial charge in [0, 0.05) is 12.5 Å². The quantitative estimate of drug-likeness (QED) is 0.631. The number of nitrogens with zero attached hydrogens (tertiary/aromatic N) is 1. The lowest BCUT2D eigenvalue weighted by atomic mass is 10.1. The molecular formula is C19H21NO4S. The average molecular weight is 359 g/mol. The summed E-state index contributed by atoms with van der Waals surface area (Å²) in [5.41, 5.74) is 3.17. The number of hydrogen-bond acceptors (Lipinski definition) is 4. The van der Waals surface area contributed by atoms with Crippen molar-refractivity contribution in [2.24, 2.45) is 0 Å². The molecule has 6 heteroatoms. The van der Waals surface area contributed by atoms with Gasteiger partial charge in [0.15, 0.2) is 6.29 Å². The van der Waals surface area contributed by atoms with Gasteiger partial charge in [-0.25, -0.2) is 12.4 Å². The first kappa shape index (κ1) is 17.7. The van der Waals surface area contributed by atoms with Gasteiger partial charge in [0.1, 0.15) is 0 Å². The van der Waals surface area contributed by atoms with Gasteiger partial charge < -0.3 is 9.47 Å². The van der Waals surface area contributed by atoms with Crippen molar-refractivity contribution in [3.8, 4) is 11.3 Å². The van der Waals surface area contributed by atoms with Crippen molar-refractivity contribution < 1.29 is 17.9 Å². The summed E-state index contributed by atoms with van der Waals surface area (Å²) >= 11 is 0. The summed E-state index contributed by atoms with van der Waals surface area (Å²) in [7, 11) is -1.83. The lowest BCUT2D eigenvalue weighted by molar-refractivity contribution is -0.118. The van der Waals surface area contributed by atoms with Crippen molar-refractivity contribution in [2.45, 2.75) is 19.8 Å². The third-order valence-electron chi connectivity index (χ3n) is 4.06. The highest BCUT2D eigenvalue weighted by Crippen LogP contribution is 2.29. The van der Waals surface area contributed by atoms with Gasteiger partial charge in [-0.15, -0.1) is 0 Å². The molecule has 3 rings (SSSR count). The first-order valence-corrected chi connectivity index (χ1v) is 9.79. The molecule has 0 radical (unpaired) electrons. The van der Waals surface area contributed by atoms with E-state index in [1.54, 1.807) is 7.11 Å². The predicted molar refractivity (Wildman–Crippen MR) is 98.9 cm³/mol. The summed E-state index contributed by atoms with van der Waals surface area (Å²) in [6, 6.07) is 17.0. The second-order valence-electron chi connectivity index (χ2n) is 5.93. The largest absolute Gasteiger partial charge is 0.356 e. The fourth-order valence-electron chi connectivity index (χ4n) is 2.74. The van der Waals surface area contributed by atoms with Crippen LogP contribution in [0.3, 0.4) is 0 Å². The summed E-state index contributed by atoms with van der Waals surface area (Å²) < 4.78 is 36.6. The number of methoxy groups -OCH3 is 1. The Balaban J connectivity index is 1.99. The average Bonchev–Trinajstić information content (AvgIpc) is 2.99. The Bertz CT molecular complexity index is 974. The number of ether oxygens (including phenoxy) is 2. The molecule has 1 unspecified atom stereocenters. The Hall–Kier alpha value is -2.15. The van der Waals surface area contributed by atoms with Gasteiger partial charge in [0.2, 0.25) is 10.0 Å². The summed E-state index contributed by atoms with van der Waals surface area (Å²) in [4.78, 5) is 0. The highest BCUT2D eigenvalue weighted by Gasteiger charge is 2.17. The van der Waals surface area contributed by atoms with Crippen molar-refractivity contribution in [3.63, 3.8) is 0 Å². The van der Waals surface area contributed by atoms with E-state index in [9.17, 15) is 8.42 Å². The first-order chi connectivity index (χ1) is 11.9. The summed E-state index contributed by atoms with van der Waals surface area (Å²) in [5.74, 6) is 0. The van der Waals surface area contributed by atoms with E-state index >= 15 is 0 Å². The number of para-hydroxylation sites is 1. The van der Waals surface area contributed by atoms with E-state index in [1.165, 1.54) is 10.2 Å².